The minimum Gasteiger partial charge on any atom is -0.493 e. The van der Waals surface area contributed by atoms with Gasteiger partial charge in [0.15, 0.2) is 11.5 Å². The summed E-state index contributed by atoms with van der Waals surface area (Å²) in [7, 11) is 6.80. The molecule has 106 valence electrons. The first-order valence-corrected chi connectivity index (χ1v) is 5.83. The van der Waals surface area contributed by atoms with E-state index in [0.717, 1.165) is 0 Å². The first kappa shape index (κ1) is 15.1. The third kappa shape index (κ3) is 4.03. The van der Waals surface area contributed by atoms with Gasteiger partial charge in [0, 0.05) is 18.7 Å². The number of likely N-dealkylation sites (N-methyl/N-ethyl adjacent to an activating group) is 1. The smallest absolute Gasteiger partial charge is 0.340 e. The van der Waals surface area contributed by atoms with E-state index in [9.17, 15) is 4.79 Å². The summed E-state index contributed by atoms with van der Waals surface area (Å²) in [6.07, 6.45) is 0. The Kier molecular flexibility index (Phi) is 5.44. The molecule has 19 heavy (non-hydrogen) atoms. The van der Waals surface area contributed by atoms with Gasteiger partial charge in [0.25, 0.3) is 0 Å². The molecular formula is C13H20N2O4. The Bertz CT molecular complexity index is 447. The highest BCUT2D eigenvalue weighted by Gasteiger charge is 2.16. The van der Waals surface area contributed by atoms with Crippen molar-refractivity contribution in [1.29, 1.82) is 0 Å². The molecule has 1 aromatic rings. The van der Waals surface area contributed by atoms with Crippen molar-refractivity contribution >= 4 is 11.7 Å². The first-order valence-electron chi connectivity index (χ1n) is 5.83. The Morgan fingerprint density at radius 1 is 1.21 bits per heavy atom. The van der Waals surface area contributed by atoms with Crippen LogP contribution in [0.25, 0.3) is 0 Å². The third-order valence-electron chi connectivity index (χ3n) is 2.55. The second-order valence-corrected chi connectivity index (χ2v) is 4.23. The van der Waals surface area contributed by atoms with Gasteiger partial charge in [-0.1, -0.05) is 0 Å². The summed E-state index contributed by atoms with van der Waals surface area (Å²) in [5.41, 5.74) is 6.38. The van der Waals surface area contributed by atoms with Crippen molar-refractivity contribution in [3.63, 3.8) is 0 Å². The second kappa shape index (κ2) is 6.84. The summed E-state index contributed by atoms with van der Waals surface area (Å²) in [4.78, 5) is 13.8. The van der Waals surface area contributed by atoms with Gasteiger partial charge in [0.05, 0.1) is 25.5 Å². The molecule has 0 spiro atoms. The lowest BCUT2D eigenvalue weighted by Crippen LogP contribution is -2.20. The van der Waals surface area contributed by atoms with Crippen LogP contribution < -0.4 is 15.2 Å². The van der Waals surface area contributed by atoms with Crippen LogP contribution in [0.5, 0.6) is 11.5 Å². The van der Waals surface area contributed by atoms with E-state index in [-0.39, 0.29) is 5.56 Å². The number of esters is 1. The molecule has 1 rings (SSSR count). The lowest BCUT2D eigenvalue weighted by atomic mass is 10.1. The summed E-state index contributed by atoms with van der Waals surface area (Å²) in [5.74, 6) is 0.446. The SMILES string of the molecule is COc1cc(N)c(C(=O)OCCN(C)C)cc1OC. The summed E-state index contributed by atoms with van der Waals surface area (Å²) in [5, 5.41) is 0. The van der Waals surface area contributed by atoms with Crippen molar-refractivity contribution < 1.29 is 19.0 Å². The van der Waals surface area contributed by atoms with E-state index in [1.807, 2.05) is 19.0 Å². The molecule has 0 aliphatic carbocycles. The topological polar surface area (TPSA) is 74.0 Å². The molecule has 6 heteroatoms. The summed E-state index contributed by atoms with van der Waals surface area (Å²) in [6, 6.07) is 3.06. The van der Waals surface area contributed by atoms with Crippen LogP contribution in [0, 0.1) is 0 Å². The van der Waals surface area contributed by atoms with E-state index in [0.29, 0.717) is 30.3 Å². The maximum absolute atomic E-state index is 11.9. The van der Waals surface area contributed by atoms with Crippen LogP contribution in [0.1, 0.15) is 10.4 Å². The molecule has 0 fully saturated rings. The highest BCUT2D eigenvalue weighted by atomic mass is 16.5. The van der Waals surface area contributed by atoms with Crippen LogP contribution in [0.2, 0.25) is 0 Å². The van der Waals surface area contributed by atoms with Gasteiger partial charge >= 0.3 is 5.97 Å². The largest absolute Gasteiger partial charge is 0.493 e. The number of benzene rings is 1. The number of methoxy groups -OCH3 is 2. The zero-order valence-corrected chi connectivity index (χ0v) is 11.7. The van der Waals surface area contributed by atoms with Crippen LogP contribution in [0.4, 0.5) is 5.69 Å². The van der Waals surface area contributed by atoms with E-state index in [1.54, 1.807) is 6.07 Å². The summed E-state index contributed by atoms with van der Waals surface area (Å²) < 4.78 is 15.4. The molecule has 0 heterocycles. The normalized spacial score (nSPS) is 10.4. The number of nitrogens with two attached hydrogens (primary N) is 1. The van der Waals surface area contributed by atoms with Gasteiger partial charge in [-0.15, -0.1) is 0 Å². The Morgan fingerprint density at radius 2 is 1.79 bits per heavy atom. The predicted octanol–water partition coefficient (Wildman–Crippen LogP) is 1.00. The predicted molar refractivity (Wildman–Crippen MR) is 72.8 cm³/mol. The fraction of sp³-hybridized carbons (Fsp3) is 0.462. The molecule has 0 saturated carbocycles. The molecule has 0 aliphatic rings. The quantitative estimate of drug-likeness (QED) is 0.613. The first-order chi connectivity index (χ1) is 8.99. The summed E-state index contributed by atoms with van der Waals surface area (Å²) >= 11 is 0. The van der Waals surface area contributed by atoms with Crippen molar-refractivity contribution in [3.05, 3.63) is 17.7 Å². The Balaban J connectivity index is 2.85. The zero-order valence-electron chi connectivity index (χ0n) is 11.7. The molecule has 0 unspecified atom stereocenters. The molecule has 0 aromatic heterocycles. The highest BCUT2D eigenvalue weighted by Crippen LogP contribution is 2.32. The van der Waals surface area contributed by atoms with Gasteiger partial charge < -0.3 is 24.8 Å². The van der Waals surface area contributed by atoms with Crippen LogP contribution in [-0.4, -0.2) is 52.3 Å². The number of hydrogen-bond acceptors (Lipinski definition) is 6. The number of carbonyl (C=O) groups excluding carboxylic acids is 1. The van der Waals surface area contributed by atoms with Gasteiger partial charge in [0.1, 0.15) is 6.61 Å². The van der Waals surface area contributed by atoms with Crippen molar-refractivity contribution in [1.82, 2.24) is 4.90 Å². The number of rotatable bonds is 6. The van der Waals surface area contributed by atoms with E-state index in [2.05, 4.69) is 0 Å². The van der Waals surface area contributed by atoms with Gasteiger partial charge in [-0.2, -0.15) is 0 Å². The van der Waals surface area contributed by atoms with E-state index in [1.165, 1.54) is 20.3 Å². The maximum atomic E-state index is 11.9. The Hall–Kier alpha value is -1.95. The van der Waals surface area contributed by atoms with Crippen molar-refractivity contribution in [2.75, 3.05) is 47.2 Å². The number of anilines is 1. The third-order valence-corrected chi connectivity index (χ3v) is 2.55. The molecule has 6 nitrogen and oxygen atoms in total. The minimum atomic E-state index is -0.472. The van der Waals surface area contributed by atoms with Crippen LogP contribution >= 0.6 is 0 Å². The van der Waals surface area contributed by atoms with Gasteiger partial charge in [-0.05, 0) is 14.1 Å². The zero-order chi connectivity index (χ0) is 14.4. The molecule has 1 aromatic carbocycles. The Morgan fingerprint density at radius 3 is 2.32 bits per heavy atom. The number of hydrogen-bond donors (Lipinski definition) is 1. The van der Waals surface area contributed by atoms with Crippen molar-refractivity contribution in [2.45, 2.75) is 0 Å². The second-order valence-electron chi connectivity index (χ2n) is 4.23. The number of ether oxygens (including phenoxy) is 3. The van der Waals surface area contributed by atoms with Gasteiger partial charge in [-0.3, -0.25) is 0 Å². The molecule has 2 N–H and O–H groups in total. The fourth-order valence-corrected chi connectivity index (χ4v) is 1.47. The average molecular weight is 268 g/mol. The van der Waals surface area contributed by atoms with Crippen molar-refractivity contribution in [3.8, 4) is 11.5 Å². The Labute approximate surface area is 113 Å². The molecule has 0 amide bonds. The van der Waals surface area contributed by atoms with Gasteiger partial charge in [0.2, 0.25) is 0 Å². The van der Waals surface area contributed by atoms with Gasteiger partial charge in [-0.25, -0.2) is 4.79 Å². The van der Waals surface area contributed by atoms with Crippen LogP contribution in [-0.2, 0) is 4.74 Å². The lowest BCUT2D eigenvalue weighted by Gasteiger charge is -2.13. The molecule has 0 radical (unpaired) electrons. The monoisotopic (exact) mass is 268 g/mol. The van der Waals surface area contributed by atoms with Crippen molar-refractivity contribution in [2.24, 2.45) is 0 Å². The van der Waals surface area contributed by atoms with Crippen LogP contribution in [0.15, 0.2) is 12.1 Å². The lowest BCUT2D eigenvalue weighted by molar-refractivity contribution is 0.0482. The highest BCUT2D eigenvalue weighted by molar-refractivity contribution is 5.96. The molecular weight excluding hydrogens is 248 g/mol. The number of nitrogen functional groups attached to an aromatic ring is 1. The average Bonchev–Trinajstić information content (AvgIpc) is 2.37. The molecule has 0 atom stereocenters. The van der Waals surface area contributed by atoms with E-state index in [4.69, 9.17) is 19.9 Å². The van der Waals surface area contributed by atoms with E-state index < -0.39 is 5.97 Å². The number of nitrogens with zero attached hydrogens (tertiary/aromatic N) is 1. The minimum absolute atomic E-state index is 0.274. The molecule has 0 saturated heterocycles. The molecule has 0 bridgehead atoms. The van der Waals surface area contributed by atoms with E-state index >= 15 is 0 Å². The van der Waals surface area contributed by atoms with Crippen LogP contribution in [0.3, 0.4) is 0 Å². The maximum Gasteiger partial charge on any atom is 0.340 e. The standard InChI is InChI=1S/C13H20N2O4/c1-15(2)5-6-19-13(16)9-7-11(17-3)12(18-4)8-10(9)14/h7-8H,5-6,14H2,1-4H3. The number of carbonyl (C=O) groups is 1. The fourth-order valence-electron chi connectivity index (χ4n) is 1.47. The summed E-state index contributed by atoms with van der Waals surface area (Å²) in [6.45, 7) is 0.957. The molecule has 0 aliphatic heterocycles.